The standard InChI is InChI=1S/C8H3N4O2/c9-4-6-8-5(10-11-6)2-1-3-7(8)12(13)14/h1-3H/q-1. The molecule has 0 unspecified atom stereocenters. The Morgan fingerprint density at radius 3 is 3.00 bits per heavy atom. The van der Waals surface area contributed by atoms with E-state index >= 15 is 0 Å². The van der Waals surface area contributed by atoms with Crippen LogP contribution in [0.4, 0.5) is 5.69 Å². The fourth-order valence-electron chi connectivity index (χ4n) is 1.24. The Morgan fingerprint density at radius 2 is 2.36 bits per heavy atom. The number of non-ortho nitro benzene ring substituents is 1. The average molecular weight is 187 g/mol. The number of benzene rings is 1. The zero-order chi connectivity index (χ0) is 10.1. The lowest BCUT2D eigenvalue weighted by atomic mass is 10.2. The molecule has 2 rings (SSSR count). The smallest absolute Gasteiger partial charge is 0.278 e. The first-order valence-electron chi connectivity index (χ1n) is 3.70. The van der Waals surface area contributed by atoms with Crippen LogP contribution in [0.1, 0.15) is 5.69 Å². The van der Waals surface area contributed by atoms with Crippen molar-refractivity contribution in [3.05, 3.63) is 34.0 Å². The molecule has 6 heteroatoms. The number of aromatic nitrogens is 2. The Hall–Kier alpha value is -2.42. The van der Waals surface area contributed by atoms with Crippen LogP contribution in [0.2, 0.25) is 0 Å². The van der Waals surface area contributed by atoms with E-state index in [1.54, 1.807) is 12.1 Å². The van der Waals surface area contributed by atoms with E-state index in [-0.39, 0.29) is 16.8 Å². The van der Waals surface area contributed by atoms with Gasteiger partial charge >= 0.3 is 0 Å². The number of nitro groups is 1. The van der Waals surface area contributed by atoms with Gasteiger partial charge in [-0.05, 0) is 11.8 Å². The van der Waals surface area contributed by atoms with Crippen molar-refractivity contribution in [2.24, 2.45) is 0 Å². The summed E-state index contributed by atoms with van der Waals surface area (Å²) in [7, 11) is 0. The maximum Gasteiger partial charge on any atom is 0.278 e. The molecule has 14 heavy (non-hydrogen) atoms. The molecular formula is C8H3N4O2-. The number of nitriles is 1. The maximum absolute atomic E-state index is 10.6. The van der Waals surface area contributed by atoms with E-state index in [0.29, 0.717) is 5.52 Å². The molecule has 0 aliphatic carbocycles. The van der Waals surface area contributed by atoms with E-state index in [0.717, 1.165) is 0 Å². The van der Waals surface area contributed by atoms with Crippen molar-refractivity contribution in [2.45, 2.75) is 0 Å². The summed E-state index contributed by atoms with van der Waals surface area (Å²) in [5, 5.41) is 26.7. The Bertz CT molecular complexity index is 552. The van der Waals surface area contributed by atoms with E-state index in [1.165, 1.54) is 12.1 Å². The Labute approximate surface area is 77.9 Å². The van der Waals surface area contributed by atoms with Crippen LogP contribution in [0, 0.1) is 21.4 Å². The van der Waals surface area contributed by atoms with Crippen LogP contribution < -0.4 is 5.10 Å². The number of nitrogens with zero attached hydrogens (tertiary/aromatic N) is 4. The predicted molar refractivity (Wildman–Crippen MR) is 46.4 cm³/mol. The highest BCUT2D eigenvalue weighted by Gasteiger charge is 2.12. The van der Waals surface area contributed by atoms with Crippen molar-refractivity contribution in [1.29, 1.82) is 5.26 Å². The number of fused-ring (bicyclic) bond motifs is 1. The van der Waals surface area contributed by atoms with Gasteiger partial charge in [0.25, 0.3) is 5.69 Å². The number of rotatable bonds is 1. The summed E-state index contributed by atoms with van der Waals surface area (Å²) < 4.78 is 0. The molecule has 0 spiro atoms. The van der Waals surface area contributed by atoms with Crippen molar-refractivity contribution in [3.63, 3.8) is 0 Å². The van der Waals surface area contributed by atoms with Crippen LogP contribution >= 0.6 is 0 Å². The second-order valence-electron chi connectivity index (χ2n) is 2.59. The van der Waals surface area contributed by atoms with Gasteiger partial charge in [0.1, 0.15) is 0 Å². The third-order valence-electron chi connectivity index (χ3n) is 1.82. The summed E-state index contributed by atoms with van der Waals surface area (Å²) in [6.07, 6.45) is 0. The Balaban J connectivity index is 2.90. The lowest BCUT2D eigenvalue weighted by Crippen LogP contribution is -1.89. The van der Waals surface area contributed by atoms with Crippen molar-refractivity contribution >= 4 is 16.6 Å². The van der Waals surface area contributed by atoms with E-state index in [4.69, 9.17) is 5.26 Å². The second kappa shape index (κ2) is 2.81. The molecule has 0 aliphatic heterocycles. The molecule has 0 N–H and O–H groups in total. The summed E-state index contributed by atoms with van der Waals surface area (Å²) in [5.74, 6) is 0. The highest BCUT2D eigenvalue weighted by Crippen LogP contribution is 2.25. The minimum atomic E-state index is -0.549. The monoisotopic (exact) mass is 187 g/mol. The van der Waals surface area contributed by atoms with Crippen molar-refractivity contribution in [1.82, 2.24) is 10.2 Å². The van der Waals surface area contributed by atoms with Gasteiger partial charge in [-0.1, -0.05) is 6.07 Å². The zero-order valence-electron chi connectivity index (χ0n) is 6.84. The minimum Gasteiger partial charge on any atom is -0.565 e. The van der Waals surface area contributed by atoms with Crippen molar-refractivity contribution < 1.29 is 4.92 Å². The molecule has 0 radical (unpaired) electrons. The molecule has 1 aromatic heterocycles. The summed E-state index contributed by atoms with van der Waals surface area (Å²) >= 11 is 0. The fourth-order valence-corrected chi connectivity index (χ4v) is 1.24. The van der Waals surface area contributed by atoms with Gasteiger partial charge in [0, 0.05) is 6.07 Å². The first-order valence-corrected chi connectivity index (χ1v) is 3.70. The van der Waals surface area contributed by atoms with Gasteiger partial charge in [-0.15, -0.1) is 0 Å². The van der Waals surface area contributed by atoms with Gasteiger partial charge in [0.15, 0.2) is 0 Å². The van der Waals surface area contributed by atoms with E-state index < -0.39 is 4.92 Å². The molecule has 0 saturated heterocycles. The molecule has 6 nitrogen and oxygen atoms in total. The SMILES string of the molecule is N#Cc1[n-]nc2cccc([N+](=O)[O-])c12. The lowest BCUT2D eigenvalue weighted by Gasteiger charge is -1.95. The van der Waals surface area contributed by atoms with E-state index in [2.05, 4.69) is 10.2 Å². The summed E-state index contributed by atoms with van der Waals surface area (Å²) in [6.45, 7) is 0. The lowest BCUT2D eigenvalue weighted by molar-refractivity contribution is -0.383. The molecule has 0 bridgehead atoms. The van der Waals surface area contributed by atoms with E-state index in [9.17, 15) is 10.1 Å². The fraction of sp³-hybridized carbons (Fsp3) is 0. The van der Waals surface area contributed by atoms with Crippen LogP contribution in [0.15, 0.2) is 18.2 Å². The first-order chi connectivity index (χ1) is 6.74. The summed E-state index contributed by atoms with van der Waals surface area (Å²) in [4.78, 5) is 10.1. The van der Waals surface area contributed by atoms with Gasteiger partial charge in [-0.2, -0.15) is 5.26 Å². The van der Waals surface area contributed by atoms with Gasteiger partial charge in [-0.25, -0.2) is 0 Å². The number of nitro benzene ring substituents is 1. The molecule has 0 aliphatic rings. The van der Waals surface area contributed by atoms with Gasteiger partial charge in [0.05, 0.1) is 21.9 Å². The second-order valence-corrected chi connectivity index (χ2v) is 2.59. The van der Waals surface area contributed by atoms with Crippen LogP contribution in [-0.4, -0.2) is 10.0 Å². The highest BCUT2D eigenvalue weighted by atomic mass is 16.6. The third-order valence-corrected chi connectivity index (χ3v) is 1.82. The molecule has 2 aromatic rings. The Kier molecular flexibility index (Phi) is 1.65. The summed E-state index contributed by atoms with van der Waals surface area (Å²) in [6, 6.07) is 6.18. The zero-order valence-corrected chi connectivity index (χ0v) is 6.84. The van der Waals surface area contributed by atoms with Crippen molar-refractivity contribution in [2.75, 3.05) is 0 Å². The predicted octanol–water partition coefficient (Wildman–Crippen LogP) is 0.972. The van der Waals surface area contributed by atoms with Gasteiger partial charge in [-0.3, -0.25) is 10.1 Å². The maximum atomic E-state index is 10.6. The minimum absolute atomic E-state index is 0.00713. The topological polar surface area (TPSA) is 93.9 Å². The normalized spacial score (nSPS) is 9.93. The van der Waals surface area contributed by atoms with E-state index in [1.807, 2.05) is 0 Å². The third kappa shape index (κ3) is 0.998. The quantitative estimate of drug-likeness (QED) is 0.489. The van der Waals surface area contributed by atoms with Crippen LogP contribution in [0.5, 0.6) is 0 Å². The molecule has 0 atom stereocenters. The van der Waals surface area contributed by atoms with Gasteiger partial charge < -0.3 is 10.2 Å². The van der Waals surface area contributed by atoms with Crippen LogP contribution in [0.25, 0.3) is 10.9 Å². The molecular weight excluding hydrogens is 184 g/mol. The number of hydrogen-bond acceptors (Lipinski definition) is 4. The molecule has 1 heterocycles. The van der Waals surface area contributed by atoms with Crippen LogP contribution in [-0.2, 0) is 0 Å². The Morgan fingerprint density at radius 1 is 1.57 bits per heavy atom. The average Bonchev–Trinajstić information content (AvgIpc) is 2.59. The first kappa shape index (κ1) is 8.19. The van der Waals surface area contributed by atoms with Crippen molar-refractivity contribution in [3.8, 4) is 6.07 Å². The molecule has 0 amide bonds. The molecule has 68 valence electrons. The molecule has 1 aromatic carbocycles. The van der Waals surface area contributed by atoms with Gasteiger partial charge in [0.2, 0.25) is 0 Å². The molecule has 0 saturated carbocycles. The molecule has 0 fully saturated rings. The summed E-state index contributed by atoms with van der Waals surface area (Å²) in [5.41, 5.74) is 0.229. The largest absolute Gasteiger partial charge is 0.565 e. The van der Waals surface area contributed by atoms with Crippen LogP contribution in [0.3, 0.4) is 0 Å². The highest BCUT2D eigenvalue weighted by molar-refractivity contribution is 5.91. The number of hydrogen-bond donors (Lipinski definition) is 0.